The summed E-state index contributed by atoms with van der Waals surface area (Å²) in [5, 5.41) is 11.8. The molecule has 0 aliphatic rings. The van der Waals surface area contributed by atoms with Crippen LogP contribution in [0.5, 0.6) is 0 Å². The highest BCUT2D eigenvalue weighted by Crippen LogP contribution is 2.26. The van der Waals surface area contributed by atoms with Crippen molar-refractivity contribution in [1.29, 1.82) is 5.26 Å². The zero-order valence-electron chi connectivity index (χ0n) is 9.95. The maximum Gasteiger partial charge on any atom is 0.256 e. The minimum absolute atomic E-state index is 0.281. The van der Waals surface area contributed by atoms with Crippen molar-refractivity contribution in [3.05, 3.63) is 61.5 Å². The number of halogens is 3. The lowest BCUT2D eigenvalue weighted by Crippen LogP contribution is -2.12. The van der Waals surface area contributed by atoms with Gasteiger partial charge in [-0.1, -0.05) is 27.5 Å². The van der Waals surface area contributed by atoms with Crippen molar-refractivity contribution in [3.8, 4) is 6.07 Å². The molecule has 20 heavy (non-hydrogen) atoms. The third kappa shape index (κ3) is 3.40. The minimum atomic E-state index is -0.281. The quantitative estimate of drug-likeness (QED) is 0.753. The van der Waals surface area contributed by atoms with E-state index in [1.165, 1.54) is 6.07 Å². The molecular weight excluding hydrogens is 407 g/mol. The molecule has 3 nitrogen and oxygen atoms in total. The molecule has 0 heterocycles. The summed E-state index contributed by atoms with van der Waals surface area (Å²) in [6, 6.07) is 12.0. The van der Waals surface area contributed by atoms with E-state index in [0.29, 0.717) is 26.3 Å². The summed E-state index contributed by atoms with van der Waals surface area (Å²) in [7, 11) is 0. The smallest absolute Gasteiger partial charge is 0.256 e. The molecule has 0 unspecified atom stereocenters. The van der Waals surface area contributed by atoms with Gasteiger partial charge in [-0.2, -0.15) is 5.26 Å². The molecule has 0 saturated carbocycles. The van der Waals surface area contributed by atoms with Crippen molar-refractivity contribution in [3.63, 3.8) is 0 Å². The number of carbonyl (C=O) groups is 1. The van der Waals surface area contributed by atoms with Crippen LogP contribution in [0.25, 0.3) is 0 Å². The number of carbonyl (C=O) groups excluding carboxylic acids is 1. The van der Waals surface area contributed by atoms with Crippen LogP contribution in [0.15, 0.2) is 45.3 Å². The van der Waals surface area contributed by atoms with Crippen molar-refractivity contribution in [2.75, 3.05) is 5.32 Å². The Morgan fingerprint density at radius 3 is 2.55 bits per heavy atom. The van der Waals surface area contributed by atoms with Crippen LogP contribution in [0.1, 0.15) is 15.9 Å². The molecule has 0 aliphatic heterocycles. The van der Waals surface area contributed by atoms with Gasteiger partial charge in [-0.15, -0.1) is 0 Å². The Morgan fingerprint density at radius 1 is 1.20 bits per heavy atom. The zero-order chi connectivity index (χ0) is 14.7. The van der Waals surface area contributed by atoms with E-state index in [9.17, 15) is 4.79 Å². The third-order valence-corrected chi connectivity index (χ3v) is 3.98. The summed E-state index contributed by atoms with van der Waals surface area (Å²) >= 11 is 12.7. The lowest BCUT2D eigenvalue weighted by molar-refractivity contribution is 0.102. The van der Waals surface area contributed by atoms with Gasteiger partial charge in [0.15, 0.2) is 0 Å². The van der Waals surface area contributed by atoms with Gasteiger partial charge in [-0.25, -0.2) is 0 Å². The Balaban J connectivity index is 2.26. The highest BCUT2D eigenvalue weighted by atomic mass is 79.9. The predicted molar refractivity (Wildman–Crippen MR) is 86.0 cm³/mol. The number of benzene rings is 2. The summed E-state index contributed by atoms with van der Waals surface area (Å²) in [5.41, 5.74) is 1.40. The minimum Gasteiger partial charge on any atom is -0.321 e. The number of rotatable bonds is 2. The molecule has 0 atom stereocenters. The fourth-order valence-corrected chi connectivity index (χ4v) is 3.00. The Kier molecular flexibility index (Phi) is 4.81. The van der Waals surface area contributed by atoms with E-state index in [4.69, 9.17) is 16.9 Å². The molecular formula is C14H7Br2ClN2O. The molecule has 0 fully saturated rings. The van der Waals surface area contributed by atoms with E-state index in [1.54, 1.807) is 30.3 Å². The first-order valence-corrected chi connectivity index (χ1v) is 7.43. The first-order chi connectivity index (χ1) is 9.51. The number of hydrogen-bond acceptors (Lipinski definition) is 2. The van der Waals surface area contributed by atoms with E-state index in [2.05, 4.69) is 37.2 Å². The Hall–Kier alpha value is -1.35. The first-order valence-electron chi connectivity index (χ1n) is 5.47. The van der Waals surface area contributed by atoms with Crippen molar-refractivity contribution in [1.82, 2.24) is 0 Å². The number of anilines is 1. The molecule has 1 N–H and O–H groups in total. The van der Waals surface area contributed by atoms with Crippen LogP contribution in [0, 0.1) is 11.3 Å². The van der Waals surface area contributed by atoms with Gasteiger partial charge in [-0.3, -0.25) is 4.79 Å². The number of nitrogens with one attached hydrogen (secondary N) is 1. The van der Waals surface area contributed by atoms with E-state index in [1.807, 2.05) is 6.07 Å². The number of amides is 1. The molecule has 0 aromatic heterocycles. The van der Waals surface area contributed by atoms with Gasteiger partial charge in [0.05, 0.1) is 27.9 Å². The van der Waals surface area contributed by atoms with Crippen LogP contribution in [0.3, 0.4) is 0 Å². The monoisotopic (exact) mass is 412 g/mol. The normalized spacial score (nSPS) is 9.90. The summed E-state index contributed by atoms with van der Waals surface area (Å²) < 4.78 is 1.55. The SMILES string of the molecule is N#Cc1ccc(NC(=O)c2ccc(Br)cc2Br)c(Cl)c1. The van der Waals surface area contributed by atoms with Gasteiger partial charge >= 0.3 is 0 Å². The maximum absolute atomic E-state index is 12.2. The fraction of sp³-hybridized carbons (Fsp3) is 0. The van der Waals surface area contributed by atoms with Gasteiger partial charge in [0, 0.05) is 8.95 Å². The van der Waals surface area contributed by atoms with Gasteiger partial charge in [0.25, 0.3) is 5.91 Å². The van der Waals surface area contributed by atoms with Gasteiger partial charge < -0.3 is 5.32 Å². The summed E-state index contributed by atoms with van der Waals surface area (Å²) in [4.78, 5) is 12.2. The van der Waals surface area contributed by atoms with Crippen molar-refractivity contribution < 1.29 is 4.79 Å². The Labute approximate surface area is 137 Å². The van der Waals surface area contributed by atoms with E-state index >= 15 is 0 Å². The second kappa shape index (κ2) is 6.40. The highest BCUT2D eigenvalue weighted by molar-refractivity contribution is 9.11. The van der Waals surface area contributed by atoms with Crippen LogP contribution in [0.4, 0.5) is 5.69 Å². The average Bonchev–Trinajstić information content (AvgIpc) is 2.40. The molecule has 0 saturated heterocycles. The number of nitrogens with zero attached hydrogens (tertiary/aromatic N) is 1. The molecule has 0 spiro atoms. The highest BCUT2D eigenvalue weighted by Gasteiger charge is 2.12. The van der Waals surface area contributed by atoms with Gasteiger partial charge in [-0.05, 0) is 52.3 Å². The molecule has 2 rings (SSSR count). The van der Waals surface area contributed by atoms with Gasteiger partial charge in [0.2, 0.25) is 0 Å². The number of hydrogen-bond donors (Lipinski definition) is 1. The standard InChI is InChI=1S/C14H7Br2ClN2O/c15-9-2-3-10(11(16)6-9)14(20)19-13-4-1-8(7-18)5-12(13)17/h1-6H,(H,19,20). The molecule has 2 aromatic rings. The number of nitriles is 1. The molecule has 100 valence electrons. The molecule has 6 heteroatoms. The molecule has 0 radical (unpaired) electrons. The zero-order valence-corrected chi connectivity index (χ0v) is 13.9. The molecule has 0 bridgehead atoms. The van der Waals surface area contributed by atoms with Crippen LogP contribution in [-0.2, 0) is 0 Å². The second-order valence-corrected chi connectivity index (χ2v) is 6.06. The van der Waals surface area contributed by atoms with Crippen LogP contribution < -0.4 is 5.32 Å². The molecule has 0 aliphatic carbocycles. The second-order valence-electron chi connectivity index (χ2n) is 3.88. The molecule has 1 amide bonds. The largest absolute Gasteiger partial charge is 0.321 e. The topological polar surface area (TPSA) is 52.9 Å². The Bertz CT molecular complexity index is 726. The van der Waals surface area contributed by atoms with Crippen LogP contribution in [0.2, 0.25) is 5.02 Å². The molecule has 2 aromatic carbocycles. The summed E-state index contributed by atoms with van der Waals surface area (Å²) in [6.07, 6.45) is 0. The van der Waals surface area contributed by atoms with Crippen LogP contribution in [-0.4, -0.2) is 5.91 Å². The lowest BCUT2D eigenvalue weighted by atomic mass is 10.2. The van der Waals surface area contributed by atoms with Crippen molar-refractivity contribution in [2.45, 2.75) is 0 Å². The first kappa shape index (κ1) is 15.0. The van der Waals surface area contributed by atoms with Gasteiger partial charge in [0.1, 0.15) is 0 Å². The lowest BCUT2D eigenvalue weighted by Gasteiger charge is -2.09. The van der Waals surface area contributed by atoms with E-state index in [-0.39, 0.29) is 5.91 Å². The average molecular weight is 414 g/mol. The summed E-state index contributed by atoms with van der Waals surface area (Å²) in [5.74, 6) is -0.281. The maximum atomic E-state index is 12.2. The predicted octanol–water partition coefficient (Wildman–Crippen LogP) is 4.99. The third-order valence-electron chi connectivity index (χ3n) is 2.52. The Morgan fingerprint density at radius 2 is 1.95 bits per heavy atom. The fourth-order valence-electron chi connectivity index (χ4n) is 1.55. The van der Waals surface area contributed by atoms with E-state index < -0.39 is 0 Å². The van der Waals surface area contributed by atoms with E-state index in [0.717, 1.165) is 4.47 Å². The summed E-state index contributed by atoms with van der Waals surface area (Å²) in [6.45, 7) is 0. The van der Waals surface area contributed by atoms with Crippen molar-refractivity contribution >= 4 is 55.1 Å². The van der Waals surface area contributed by atoms with Crippen LogP contribution >= 0.6 is 43.5 Å². The van der Waals surface area contributed by atoms with Crippen molar-refractivity contribution in [2.24, 2.45) is 0 Å².